The van der Waals surface area contributed by atoms with Gasteiger partial charge < -0.3 is 14.7 Å². The zero-order chi connectivity index (χ0) is 24.3. The van der Waals surface area contributed by atoms with E-state index < -0.39 is 16.1 Å². The van der Waals surface area contributed by atoms with Crippen molar-refractivity contribution in [3.8, 4) is 5.75 Å². The number of nitrogens with zero attached hydrogens (tertiary/aromatic N) is 2. The summed E-state index contributed by atoms with van der Waals surface area (Å²) in [6.07, 6.45) is 11.9. The number of allylic oxidation sites excluding steroid dienone is 2. The van der Waals surface area contributed by atoms with Gasteiger partial charge in [-0.3, -0.25) is 0 Å². The van der Waals surface area contributed by atoms with Gasteiger partial charge in [0.05, 0.1) is 6.61 Å². The van der Waals surface area contributed by atoms with E-state index in [9.17, 15) is 13.5 Å². The van der Waals surface area contributed by atoms with Crippen LogP contribution in [0.4, 0.5) is 0 Å². The molecule has 0 radical (unpaired) electrons. The maximum absolute atomic E-state index is 13.7. The maximum Gasteiger partial charge on any atom is 0.247 e. The second-order valence-corrected chi connectivity index (χ2v) is 12.6. The van der Waals surface area contributed by atoms with Crippen molar-refractivity contribution >= 4 is 15.6 Å². The summed E-state index contributed by atoms with van der Waals surface area (Å²) in [5.74, 6) is 1.17. The van der Waals surface area contributed by atoms with Crippen LogP contribution >= 0.6 is 0 Å². The van der Waals surface area contributed by atoms with E-state index in [1.54, 1.807) is 13.0 Å². The summed E-state index contributed by atoms with van der Waals surface area (Å²) < 4.78 is 35.4. The highest BCUT2D eigenvalue weighted by Crippen LogP contribution is 2.37. The molecule has 3 atom stereocenters. The van der Waals surface area contributed by atoms with E-state index in [2.05, 4.69) is 24.9 Å². The van der Waals surface area contributed by atoms with Crippen molar-refractivity contribution in [2.75, 3.05) is 33.3 Å². The van der Waals surface area contributed by atoms with Crippen LogP contribution in [0.1, 0.15) is 70.8 Å². The zero-order valence-corrected chi connectivity index (χ0v) is 21.9. The third-order valence-electron chi connectivity index (χ3n) is 7.87. The Labute approximate surface area is 206 Å². The standard InChI is InChI=1S/C27H42N2O4S/c1-20-16-29(21(2)19-30)34(31,32)27-14-13-24(23-11-7-8-12-23)15-25(27)33-26(20)18-28(3)17-22-9-5-4-6-10-22/h11,13-15,20-22,26,30H,4-10,12,16-19H2,1-3H3/t20-,21-,26-/m1/s1. The van der Waals surface area contributed by atoms with Gasteiger partial charge in [0, 0.05) is 31.6 Å². The highest BCUT2D eigenvalue weighted by molar-refractivity contribution is 7.89. The van der Waals surface area contributed by atoms with Crippen LogP contribution in [-0.2, 0) is 10.0 Å². The summed E-state index contributed by atoms with van der Waals surface area (Å²) in [4.78, 5) is 2.58. The zero-order valence-electron chi connectivity index (χ0n) is 21.1. The Kier molecular flexibility index (Phi) is 8.39. The summed E-state index contributed by atoms with van der Waals surface area (Å²) in [7, 11) is -1.62. The minimum atomic E-state index is -3.79. The van der Waals surface area contributed by atoms with E-state index in [1.807, 2.05) is 12.1 Å². The Morgan fingerprint density at radius 2 is 1.94 bits per heavy atom. The number of hydrogen-bond donors (Lipinski definition) is 1. The monoisotopic (exact) mass is 490 g/mol. The van der Waals surface area contributed by atoms with Gasteiger partial charge in [-0.1, -0.05) is 38.3 Å². The van der Waals surface area contributed by atoms with Crippen molar-refractivity contribution < 1.29 is 18.3 Å². The lowest BCUT2D eigenvalue weighted by atomic mass is 9.89. The molecule has 6 nitrogen and oxygen atoms in total. The third kappa shape index (κ3) is 5.69. The molecule has 1 saturated carbocycles. The summed E-state index contributed by atoms with van der Waals surface area (Å²) in [6, 6.07) is 5.05. The van der Waals surface area contributed by atoms with Crippen molar-refractivity contribution in [2.24, 2.45) is 11.8 Å². The number of aliphatic hydroxyl groups is 1. The molecule has 0 aromatic heterocycles. The van der Waals surface area contributed by atoms with Crippen LogP contribution in [0.3, 0.4) is 0 Å². The second-order valence-electron chi connectivity index (χ2n) is 10.7. The molecular formula is C27H42N2O4S. The molecule has 1 fully saturated rings. The van der Waals surface area contributed by atoms with Gasteiger partial charge in [-0.2, -0.15) is 4.31 Å². The van der Waals surface area contributed by atoms with Crippen molar-refractivity contribution in [3.05, 3.63) is 29.8 Å². The lowest BCUT2D eigenvalue weighted by Crippen LogP contribution is -2.49. The lowest BCUT2D eigenvalue weighted by molar-refractivity contribution is 0.0688. The first kappa shape index (κ1) is 25.7. The first-order valence-corrected chi connectivity index (χ1v) is 14.5. The Hall–Kier alpha value is -1.41. The quantitative estimate of drug-likeness (QED) is 0.608. The molecule has 1 N–H and O–H groups in total. The molecule has 3 aliphatic rings. The van der Waals surface area contributed by atoms with Gasteiger partial charge in [-0.05, 0) is 75.3 Å². The number of benzene rings is 1. The molecule has 0 amide bonds. The molecule has 0 unspecified atom stereocenters. The van der Waals surface area contributed by atoms with E-state index in [-0.39, 0.29) is 23.5 Å². The van der Waals surface area contributed by atoms with Crippen LogP contribution in [-0.4, -0.2) is 68.2 Å². The fourth-order valence-electron chi connectivity index (χ4n) is 5.77. The van der Waals surface area contributed by atoms with E-state index >= 15 is 0 Å². The maximum atomic E-state index is 13.7. The van der Waals surface area contributed by atoms with Crippen molar-refractivity contribution in [2.45, 2.75) is 82.3 Å². The highest BCUT2D eigenvalue weighted by atomic mass is 32.2. The number of aliphatic hydroxyl groups excluding tert-OH is 1. The molecule has 1 heterocycles. The minimum absolute atomic E-state index is 0.0138. The van der Waals surface area contributed by atoms with Crippen LogP contribution in [0, 0.1) is 11.8 Å². The lowest BCUT2D eigenvalue weighted by Gasteiger charge is -2.38. The van der Waals surface area contributed by atoms with Crippen molar-refractivity contribution in [1.82, 2.24) is 9.21 Å². The van der Waals surface area contributed by atoms with E-state index in [0.717, 1.165) is 43.8 Å². The molecule has 34 heavy (non-hydrogen) atoms. The minimum Gasteiger partial charge on any atom is -0.487 e. The summed E-state index contributed by atoms with van der Waals surface area (Å²) in [5, 5.41) is 9.84. The molecule has 2 aliphatic carbocycles. The van der Waals surface area contributed by atoms with E-state index in [1.165, 1.54) is 42.0 Å². The normalized spacial score (nSPS) is 26.9. The Morgan fingerprint density at radius 3 is 2.62 bits per heavy atom. The molecule has 1 aliphatic heterocycles. The average Bonchev–Trinajstić information content (AvgIpc) is 3.36. The molecule has 0 saturated heterocycles. The SMILES string of the molecule is C[C@@H]1CN([C@H](C)CO)S(=O)(=O)c2ccc(C3=CCCC3)cc2O[C@@H]1CN(C)CC1CCCCC1. The molecule has 0 bridgehead atoms. The van der Waals surface area contributed by atoms with Gasteiger partial charge in [0.25, 0.3) is 0 Å². The van der Waals surface area contributed by atoms with E-state index in [4.69, 9.17) is 4.74 Å². The molecule has 1 aromatic carbocycles. The smallest absolute Gasteiger partial charge is 0.247 e. The number of fused-ring (bicyclic) bond motifs is 1. The van der Waals surface area contributed by atoms with Crippen LogP contribution in [0.25, 0.3) is 5.57 Å². The molecule has 4 rings (SSSR count). The first-order valence-electron chi connectivity index (χ1n) is 13.1. The number of rotatable bonds is 7. The van der Waals surface area contributed by atoms with Gasteiger partial charge >= 0.3 is 0 Å². The summed E-state index contributed by atoms with van der Waals surface area (Å²) in [6.45, 7) is 5.78. The fraction of sp³-hybridized carbons (Fsp3) is 0.704. The van der Waals surface area contributed by atoms with Crippen LogP contribution in [0.5, 0.6) is 5.75 Å². The predicted octanol–water partition coefficient (Wildman–Crippen LogP) is 4.53. The van der Waals surface area contributed by atoms with Gasteiger partial charge in [-0.15, -0.1) is 0 Å². The number of sulfonamides is 1. The molecule has 0 spiro atoms. The van der Waals surface area contributed by atoms with Gasteiger partial charge in [0.15, 0.2) is 0 Å². The van der Waals surface area contributed by atoms with Crippen LogP contribution in [0.2, 0.25) is 0 Å². The first-order chi connectivity index (χ1) is 16.3. The second kappa shape index (κ2) is 11.1. The Bertz CT molecular complexity index is 971. The Balaban J connectivity index is 1.64. The topological polar surface area (TPSA) is 70.1 Å². The van der Waals surface area contributed by atoms with E-state index in [0.29, 0.717) is 12.3 Å². The highest BCUT2D eigenvalue weighted by Gasteiger charge is 2.38. The number of ether oxygens (including phenoxy) is 1. The molecule has 1 aromatic rings. The van der Waals surface area contributed by atoms with Crippen LogP contribution < -0.4 is 4.74 Å². The van der Waals surface area contributed by atoms with Gasteiger partial charge in [0.1, 0.15) is 16.7 Å². The van der Waals surface area contributed by atoms with Crippen molar-refractivity contribution in [1.29, 1.82) is 0 Å². The number of likely N-dealkylation sites (N-methyl/N-ethyl adjacent to an activating group) is 1. The number of hydrogen-bond acceptors (Lipinski definition) is 5. The largest absolute Gasteiger partial charge is 0.487 e. The molecule has 190 valence electrons. The van der Waals surface area contributed by atoms with Crippen LogP contribution in [0.15, 0.2) is 29.2 Å². The third-order valence-corrected chi connectivity index (χ3v) is 9.88. The molecular weight excluding hydrogens is 448 g/mol. The summed E-state index contributed by atoms with van der Waals surface area (Å²) >= 11 is 0. The summed E-state index contributed by atoms with van der Waals surface area (Å²) in [5.41, 5.74) is 2.32. The van der Waals surface area contributed by atoms with Gasteiger partial charge in [0.2, 0.25) is 10.0 Å². The molecule has 7 heteroatoms. The Morgan fingerprint density at radius 1 is 1.18 bits per heavy atom. The van der Waals surface area contributed by atoms with Crippen molar-refractivity contribution in [3.63, 3.8) is 0 Å². The average molecular weight is 491 g/mol. The van der Waals surface area contributed by atoms with Gasteiger partial charge in [-0.25, -0.2) is 8.42 Å². The fourth-order valence-corrected chi connectivity index (χ4v) is 7.59. The predicted molar refractivity (Wildman–Crippen MR) is 136 cm³/mol.